The van der Waals surface area contributed by atoms with Crippen LogP contribution in [-0.2, 0) is 16.0 Å². The van der Waals surface area contributed by atoms with Crippen LogP contribution in [0.4, 0.5) is 0 Å². The van der Waals surface area contributed by atoms with E-state index in [1.165, 1.54) is 0 Å². The SMILES string of the molecule is O=C(CCc1ccc2[nH]ccc2c1)N[C@H]1CCCCC[C@H]1C(=O)O. The van der Waals surface area contributed by atoms with Gasteiger partial charge in [-0.05, 0) is 48.4 Å². The number of aliphatic carboxylic acids is 1. The quantitative estimate of drug-likeness (QED) is 0.737. The molecule has 1 aromatic carbocycles. The molecule has 3 rings (SSSR count). The monoisotopic (exact) mass is 328 g/mol. The summed E-state index contributed by atoms with van der Waals surface area (Å²) < 4.78 is 0. The molecule has 5 nitrogen and oxygen atoms in total. The molecule has 0 radical (unpaired) electrons. The molecule has 0 saturated heterocycles. The van der Waals surface area contributed by atoms with Gasteiger partial charge in [0.2, 0.25) is 5.91 Å². The van der Waals surface area contributed by atoms with Gasteiger partial charge < -0.3 is 15.4 Å². The maximum Gasteiger partial charge on any atom is 0.308 e. The first-order valence-electron chi connectivity index (χ1n) is 8.71. The molecule has 1 saturated carbocycles. The van der Waals surface area contributed by atoms with Crippen molar-refractivity contribution in [3.63, 3.8) is 0 Å². The van der Waals surface area contributed by atoms with Gasteiger partial charge in [0.05, 0.1) is 5.92 Å². The van der Waals surface area contributed by atoms with Crippen LogP contribution >= 0.6 is 0 Å². The summed E-state index contributed by atoms with van der Waals surface area (Å²) in [5.41, 5.74) is 2.21. The Morgan fingerprint density at radius 3 is 2.83 bits per heavy atom. The van der Waals surface area contributed by atoms with E-state index in [1.54, 1.807) is 0 Å². The zero-order valence-electron chi connectivity index (χ0n) is 13.8. The topological polar surface area (TPSA) is 82.2 Å². The van der Waals surface area contributed by atoms with E-state index in [1.807, 2.05) is 24.4 Å². The Morgan fingerprint density at radius 2 is 2.00 bits per heavy atom. The van der Waals surface area contributed by atoms with Crippen LogP contribution in [0.3, 0.4) is 0 Å². The lowest BCUT2D eigenvalue weighted by atomic mass is 9.94. The Hall–Kier alpha value is -2.30. The second-order valence-corrected chi connectivity index (χ2v) is 6.66. The zero-order chi connectivity index (χ0) is 16.9. The number of carbonyl (C=O) groups is 2. The van der Waals surface area contributed by atoms with Crippen LogP contribution in [-0.4, -0.2) is 28.0 Å². The van der Waals surface area contributed by atoms with Gasteiger partial charge in [-0.3, -0.25) is 9.59 Å². The van der Waals surface area contributed by atoms with E-state index in [2.05, 4.69) is 16.4 Å². The van der Waals surface area contributed by atoms with E-state index in [4.69, 9.17) is 0 Å². The molecule has 24 heavy (non-hydrogen) atoms. The number of benzene rings is 1. The highest BCUT2D eigenvalue weighted by Crippen LogP contribution is 2.24. The first-order valence-corrected chi connectivity index (χ1v) is 8.71. The van der Waals surface area contributed by atoms with Crippen molar-refractivity contribution in [2.45, 2.75) is 51.0 Å². The lowest BCUT2D eigenvalue weighted by Gasteiger charge is -2.22. The number of hydrogen-bond donors (Lipinski definition) is 3. The summed E-state index contributed by atoms with van der Waals surface area (Å²) in [5, 5.41) is 13.5. The van der Waals surface area contributed by atoms with Crippen molar-refractivity contribution in [3.05, 3.63) is 36.0 Å². The molecule has 2 atom stereocenters. The van der Waals surface area contributed by atoms with Crippen LogP contribution < -0.4 is 5.32 Å². The van der Waals surface area contributed by atoms with E-state index in [0.717, 1.165) is 42.1 Å². The summed E-state index contributed by atoms with van der Waals surface area (Å²) in [7, 11) is 0. The fourth-order valence-electron chi connectivity index (χ4n) is 3.57. The average molecular weight is 328 g/mol. The number of aromatic amines is 1. The van der Waals surface area contributed by atoms with Crippen molar-refractivity contribution in [3.8, 4) is 0 Å². The predicted octanol–water partition coefficient (Wildman–Crippen LogP) is 3.25. The van der Waals surface area contributed by atoms with Gasteiger partial charge in [-0.15, -0.1) is 0 Å². The number of fused-ring (bicyclic) bond motifs is 1. The van der Waals surface area contributed by atoms with Crippen LogP contribution in [0.5, 0.6) is 0 Å². The molecule has 0 bridgehead atoms. The third-order valence-corrected chi connectivity index (χ3v) is 4.94. The summed E-state index contributed by atoms with van der Waals surface area (Å²) >= 11 is 0. The zero-order valence-corrected chi connectivity index (χ0v) is 13.8. The minimum absolute atomic E-state index is 0.0534. The molecule has 5 heteroatoms. The number of carboxylic acids is 1. The van der Waals surface area contributed by atoms with Crippen molar-refractivity contribution in [2.75, 3.05) is 0 Å². The molecule has 0 spiro atoms. The first kappa shape index (κ1) is 16.6. The van der Waals surface area contributed by atoms with E-state index in [9.17, 15) is 14.7 Å². The second kappa shape index (κ2) is 7.51. The van der Waals surface area contributed by atoms with Crippen LogP contribution in [0.2, 0.25) is 0 Å². The van der Waals surface area contributed by atoms with Gasteiger partial charge in [0.25, 0.3) is 0 Å². The van der Waals surface area contributed by atoms with Gasteiger partial charge in [0.15, 0.2) is 0 Å². The number of aryl methyl sites for hydroxylation is 1. The Labute approximate surface area is 141 Å². The largest absolute Gasteiger partial charge is 0.481 e. The Kier molecular flexibility index (Phi) is 5.18. The summed E-state index contributed by atoms with van der Waals surface area (Å²) in [5.74, 6) is -1.30. The van der Waals surface area contributed by atoms with Crippen LogP contribution in [0.25, 0.3) is 10.9 Å². The molecule has 2 aromatic rings. The van der Waals surface area contributed by atoms with Gasteiger partial charge in [-0.25, -0.2) is 0 Å². The van der Waals surface area contributed by atoms with Crippen LogP contribution in [0.15, 0.2) is 30.5 Å². The minimum atomic E-state index is -0.792. The molecule has 128 valence electrons. The van der Waals surface area contributed by atoms with Crippen molar-refractivity contribution >= 4 is 22.8 Å². The number of nitrogens with one attached hydrogen (secondary N) is 2. The highest BCUT2D eigenvalue weighted by atomic mass is 16.4. The molecule has 1 aromatic heterocycles. The van der Waals surface area contributed by atoms with Crippen LogP contribution in [0.1, 0.15) is 44.1 Å². The fourth-order valence-corrected chi connectivity index (χ4v) is 3.57. The Balaban J connectivity index is 1.56. The maximum atomic E-state index is 12.3. The van der Waals surface area contributed by atoms with Gasteiger partial charge in [0.1, 0.15) is 0 Å². The average Bonchev–Trinajstić information content (AvgIpc) is 2.90. The minimum Gasteiger partial charge on any atom is -0.481 e. The van der Waals surface area contributed by atoms with Gasteiger partial charge in [-0.1, -0.05) is 25.3 Å². The molecule has 1 fully saturated rings. The van der Waals surface area contributed by atoms with Crippen molar-refractivity contribution < 1.29 is 14.7 Å². The molecule has 0 aliphatic heterocycles. The van der Waals surface area contributed by atoms with Gasteiger partial charge in [-0.2, -0.15) is 0 Å². The van der Waals surface area contributed by atoms with E-state index < -0.39 is 11.9 Å². The molecular formula is C19H24N2O3. The Bertz CT molecular complexity index is 722. The molecule has 3 N–H and O–H groups in total. The number of amides is 1. The smallest absolute Gasteiger partial charge is 0.308 e. The lowest BCUT2D eigenvalue weighted by molar-refractivity contribution is -0.143. The molecule has 0 unspecified atom stereocenters. The molecule has 1 amide bonds. The van der Waals surface area contributed by atoms with Crippen molar-refractivity contribution in [1.82, 2.24) is 10.3 Å². The highest BCUT2D eigenvalue weighted by molar-refractivity contribution is 5.81. The number of aromatic nitrogens is 1. The number of carbonyl (C=O) groups excluding carboxylic acids is 1. The molecular weight excluding hydrogens is 304 g/mol. The van der Waals surface area contributed by atoms with Gasteiger partial charge >= 0.3 is 5.97 Å². The van der Waals surface area contributed by atoms with Crippen molar-refractivity contribution in [1.29, 1.82) is 0 Å². The number of hydrogen-bond acceptors (Lipinski definition) is 2. The van der Waals surface area contributed by atoms with E-state index in [-0.39, 0.29) is 11.9 Å². The maximum absolute atomic E-state index is 12.3. The molecule has 1 aliphatic carbocycles. The summed E-state index contributed by atoms with van der Waals surface area (Å²) in [6.07, 6.45) is 7.34. The lowest BCUT2D eigenvalue weighted by Crippen LogP contribution is -2.42. The number of H-pyrrole nitrogens is 1. The van der Waals surface area contributed by atoms with Crippen LogP contribution in [0, 0.1) is 5.92 Å². The summed E-state index contributed by atoms with van der Waals surface area (Å²) in [4.78, 5) is 26.8. The third kappa shape index (κ3) is 3.96. The summed E-state index contributed by atoms with van der Waals surface area (Å²) in [6.45, 7) is 0. The number of rotatable bonds is 5. The van der Waals surface area contributed by atoms with Crippen molar-refractivity contribution in [2.24, 2.45) is 5.92 Å². The first-order chi connectivity index (χ1) is 11.6. The normalized spacial score (nSPS) is 21.3. The number of carboxylic acid groups (broad SMARTS) is 1. The van der Waals surface area contributed by atoms with E-state index in [0.29, 0.717) is 19.3 Å². The van der Waals surface area contributed by atoms with E-state index >= 15 is 0 Å². The van der Waals surface area contributed by atoms with Gasteiger partial charge in [0, 0.05) is 24.2 Å². The Morgan fingerprint density at radius 1 is 1.17 bits per heavy atom. The fraction of sp³-hybridized carbons (Fsp3) is 0.474. The standard InChI is InChI=1S/C19H24N2O3/c22-18(21-17-5-3-1-2-4-15(17)19(23)24)9-7-13-6-8-16-14(12-13)10-11-20-16/h6,8,10-12,15,17,20H,1-5,7,9H2,(H,21,22)(H,23,24)/t15-,17+/m1/s1. The predicted molar refractivity (Wildman–Crippen MR) is 92.8 cm³/mol. The molecule has 1 aliphatic rings. The highest BCUT2D eigenvalue weighted by Gasteiger charge is 2.30. The molecule has 1 heterocycles. The second-order valence-electron chi connectivity index (χ2n) is 6.66. The summed E-state index contributed by atoms with van der Waals surface area (Å²) in [6, 6.07) is 7.92. The third-order valence-electron chi connectivity index (χ3n) is 4.94.